The highest BCUT2D eigenvalue weighted by Gasteiger charge is 2.60. The fraction of sp³-hybridized carbons (Fsp3) is 0.429. The average Bonchev–Trinajstić information content (AvgIpc) is 2.68. The van der Waals surface area contributed by atoms with E-state index in [-0.39, 0.29) is 5.91 Å². The summed E-state index contributed by atoms with van der Waals surface area (Å²) in [4.78, 5) is 24.7. The van der Waals surface area contributed by atoms with Gasteiger partial charge in [-0.1, -0.05) is 12.1 Å². The number of nitrogens with zero attached hydrogens (tertiary/aromatic N) is 2. The molecule has 2 fully saturated rings. The SMILES string of the molecule is O=C1O[C@]2(O)c3ccccc3C(=O)N2N2CCCC[C@@H]12. The Hall–Kier alpha value is -1.92. The van der Waals surface area contributed by atoms with Crippen molar-refractivity contribution < 1.29 is 19.4 Å². The highest BCUT2D eigenvalue weighted by Crippen LogP contribution is 2.44. The molecule has 0 saturated carbocycles. The van der Waals surface area contributed by atoms with Crippen molar-refractivity contribution in [2.45, 2.75) is 31.2 Å². The number of carbonyl (C=O) groups is 2. The summed E-state index contributed by atoms with van der Waals surface area (Å²) in [5.74, 6) is -2.77. The number of aliphatic hydroxyl groups is 1. The lowest BCUT2D eigenvalue weighted by atomic mass is 10.0. The van der Waals surface area contributed by atoms with Crippen molar-refractivity contribution in [1.82, 2.24) is 10.0 Å². The summed E-state index contributed by atoms with van der Waals surface area (Å²) in [6.45, 7) is 0.571. The van der Waals surface area contributed by atoms with Gasteiger partial charge in [0.2, 0.25) is 0 Å². The molecule has 0 spiro atoms. The number of benzene rings is 1. The van der Waals surface area contributed by atoms with Crippen molar-refractivity contribution in [3.05, 3.63) is 35.4 Å². The van der Waals surface area contributed by atoms with Gasteiger partial charge in [0.1, 0.15) is 6.04 Å². The van der Waals surface area contributed by atoms with Crippen molar-refractivity contribution in [2.75, 3.05) is 6.54 Å². The number of fused-ring (bicyclic) bond motifs is 5. The predicted molar refractivity (Wildman–Crippen MR) is 66.9 cm³/mol. The first-order valence-electron chi connectivity index (χ1n) is 6.79. The summed E-state index contributed by atoms with van der Waals surface area (Å²) in [5.41, 5.74) is 0.719. The van der Waals surface area contributed by atoms with Crippen molar-refractivity contribution in [2.24, 2.45) is 0 Å². The molecule has 6 nitrogen and oxygen atoms in total. The number of esters is 1. The van der Waals surface area contributed by atoms with Crippen LogP contribution in [0.2, 0.25) is 0 Å². The number of hydrogen-bond donors (Lipinski definition) is 1. The maximum absolute atomic E-state index is 12.5. The van der Waals surface area contributed by atoms with Gasteiger partial charge in [0, 0.05) is 6.54 Å². The van der Waals surface area contributed by atoms with E-state index in [1.807, 2.05) is 0 Å². The molecule has 1 N–H and O–H groups in total. The molecule has 3 aliphatic heterocycles. The van der Waals surface area contributed by atoms with Crippen LogP contribution in [0.3, 0.4) is 0 Å². The van der Waals surface area contributed by atoms with Gasteiger partial charge >= 0.3 is 11.9 Å². The molecule has 0 aliphatic carbocycles. The summed E-state index contributed by atoms with van der Waals surface area (Å²) >= 11 is 0. The molecule has 4 rings (SSSR count). The first-order valence-corrected chi connectivity index (χ1v) is 6.79. The van der Waals surface area contributed by atoms with Gasteiger partial charge in [-0.3, -0.25) is 9.59 Å². The summed E-state index contributed by atoms with van der Waals surface area (Å²) < 4.78 is 5.24. The predicted octanol–water partition coefficient (Wildman–Crippen LogP) is 0.571. The number of carbonyl (C=O) groups excluding carboxylic acids is 2. The molecule has 6 heteroatoms. The molecule has 0 radical (unpaired) electrons. The molecule has 0 unspecified atom stereocenters. The lowest BCUT2D eigenvalue weighted by Crippen LogP contribution is -2.67. The summed E-state index contributed by atoms with van der Waals surface area (Å²) in [7, 11) is 0. The number of hydrazine groups is 1. The number of amides is 1. The Morgan fingerprint density at radius 3 is 2.90 bits per heavy atom. The zero-order chi connectivity index (χ0) is 13.9. The summed E-state index contributed by atoms with van der Waals surface area (Å²) in [5, 5.41) is 13.6. The molecule has 20 heavy (non-hydrogen) atoms. The van der Waals surface area contributed by atoms with Crippen LogP contribution in [0.15, 0.2) is 24.3 Å². The van der Waals surface area contributed by atoms with Crippen LogP contribution >= 0.6 is 0 Å². The topological polar surface area (TPSA) is 70.1 Å². The van der Waals surface area contributed by atoms with Crippen LogP contribution in [0.1, 0.15) is 35.2 Å². The molecule has 3 aliphatic rings. The van der Waals surface area contributed by atoms with Gasteiger partial charge in [0.25, 0.3) is 5.91 Å². The van der Waals surface area contributed by atoms with Crippen molar-refractivity contribution in [1.29, 1.82) is 0 Å². The first-order chi connectivity index (χ1) is 9.63. The van der Waals surface area contributed by atoms with Gasteiger partial charge in [0.05, 0.1) is 11.1 Å². The Kier molecular flexibility index (Phi) is 2.26. The Morgan fingerprint density at radius 1 is 1.25 bits per heavy atom. The van der Waals surface area contributed by atoms with Gasteiger partial charge in [-0.25, -0.2) is 0 Å². The molecule has 1 amide bonds. The molecule has 104 valence electrons. The Bertz CT molecular complexity index is 617. The van der Waals surface area contributed by atoms with Crippen molar-refractivity contribution >= 4 is 11.9 Å². The highest BCUT2D eigenvalue weighted by atomic mass is 16.7. The van der Waals surface area contributed by atoms with E-state index in [9.17, 15) is 14.7 Å². The molecule has 0 bridgehead atoms. The molecular formula is C14H14N2O4. The molecule has 2 saturated heterocycles. The first kappa shape index (κ1) is 11.9. The lowest BCUT2D eigenvalue weighted by Gasteiger charge is -2.49. The molecule has 0 aromatic heterocycles. The monoisotopic (exact) mass is 274 g/mol. The van der Waals surface area contributed by atoms with Gasteiger partial charge in [-0.2, -0.15) is 10.0 Å². The smallest absolute Gasteiger partial charge is 0.340 e. The second-order valence-corrected chi connectivity index (χ2v) is 5.37. The highest BCUT2D eigenvalue weighted by molar-refractivity contribution is 6.00. The molecule has 2 atom stereocenters. The number of piperidine rings is 1. The van der Waals surface area contributed by atoms with Gasteiger partial charge in [-0.15, -0.1) is 0 Å². The fourth-order valence-electron chi connectivity index (χ4n) is 3.31. The standard InChI is InChI=1S/C14H14N2O4/c17-12-9-5-1-2-6-10(9)14(19)16(12)15-8-4-3-7-11(15)13(18)20-14/h1-2,5-6,11,19H,3-4,7-8H2/t11-,14+/m0/s1. The zero-order valence-electron chi connectivity index (χ0n) is 10.8. The van der Waals surface area contributed by atoms with E-state index in [1.54, 1.807) is 29.3 Å². The summed E-state index contributed by atoms with van der Waals surface area (Å²) in [6.07, 6.45) is 2.46. The second kappa shape index (κ2) is 3.80. The molecule has 3 heterocycles. The molecule has 1 aromatic carbocycles. The van der Waals surface area contributed by atoms with Gasteiger partial charge < -0.3 is 9.84 Å². The Labute approximate surface area is 115 Å². The Balaban J connectivity index is 1.87. The van der Waals surface area contributed by atoms with E-state index in [4.69, 9.17) is 4.74 Å². The lowest BCUT2D eigenvalue weighted by molar-refractivity contribution is -0.346. The van der Waals surface area contributed by atoms with Crippen LogP contribution in [0.25, 0.3) is 0 Å². The normalized spacial score (nSPS) is 32.5. The Morgan fingerprint density at radius 2 is 2.05 bits per heavy atom. The van der Waals surface area contributed by atoms with E-state index in [0.717, 1.165) is 12.8 Å². The maximum atomic E-state index is 12.5. The van der Waals surface area contributed by atoms with Crippen LogP contribution in [-0.4, -0.2) is 39.6 Å². The minimum atomic E-state index is -1.99. The quantitative estimate of drug-likeness (QED) is 0.700. The average molecular weight is 274 g/mol. The minimum absolute atomic E-state index is 0.317. The molecule has 1 aromatic rings. The zero-order valence-corrected chi connectivity index (χ0v) is 10.8. The van der Waals surface area contributed by atoms with Crippen LogP contribution < -0.4 is 0 Å². The summed E-state index contributed by atoms with van der Waals surface area (Å²) in [6, 6.07) is 6.23. The minimum Gasteiger partial charge on any atom is -0.407 e. The second-order valence-electron chi connectivity index (χ2n) is 5.37. The largest absolute Gasteiger partial charge is 0.407 e. The number of rotatable bonds is 0. The van der Waals surface area contributed by atoms with Gasteiger partial charge in [0.15, 0.2) is 0 Å². The van der Waals surface area contributed by atoms with Gasteiger partial charge in [-0.05, 0) is 31.4 Å². The number of hydrogen-bond acceptors (Lipinski definition) is 5. The maximum Gasteiger partial charge on any atom is 0.340 e. The van der Waals surface area contributed by atoms with Crippen LogP contribution in [-0.2, 0) is 15.4 Å². The fourth-order valence-corrected chi connectivity index (χ4v) is 3.31. The third-order valence-corrected chi connectivity index (χ3v) is 4.23. The third kappa shape index (κ3) is 1.30. The third-order valence-electron chi connectivity index (χ3n) is 4.23. The van der Waals surface area contributed by atoms with Crippen LogP contribution in [0, 0.1) is 0 Å². The van der Waals surface area contributed by atoms with E-state index in [0.29, 0.717) is 24.1 Å². The van der Waals surface area contributed by atoms with Crippen LogP contribution in [0.5, 0.6) is 0 Å². The number of ether oxygens (including phenoxy) is 1. The van der Waals surface area contributed by atoms with E-state index >= 15 is 0 Å². The molecular weight excluding hydrogens is 260 g/mol. The van der Waals surface area contributed by atoms with Crippen LogP contribution in [0.4, 0.5) is 0 Å². The van der Waals surface area contributed by atoms with E-state index in [1.165, 1.54) is 5.01 Å². The van der Waals surface area contributed by atoms with E-state index in [2.05, 4.69) is 0 Å². The van der Waals surface area contributed by atoms with Crippen molar-refractivity contribution in [3.63, 3.8) is 0 Å². The van der Waals surface area contributed by atoms with E-state index < -0.39 is 17.9 Å². The van der Waals surface area contributed by atoms with Crippen molar-refractivity contribution in [3.8, 4) is 0 Å².